The number of fused-ring (bicyclic) bond motifs is 1. The van der Waals surface area contributed by atoms with Gasteiger partial charge in [0.05, 0.1) is 17.4 Å². The van der Waals surface area contributed by atoms with E-state index < -0.39 is 11.9 Å². The van der Waals surface area contributed by atoms with E-state index in [4.69, 9.17) is 9.72 Å². The van der Waals surface area contributed by atoms with Crippen LogP contribution < -0.4 is 20.3 Å². The average molecular weight is 494 g/mol. The number of rotatable bonds is 8. The second-order valence-corrected chi connectivity index (χ2v) is 9.51. The maximum atomic E-state index is 13.3. The number of nitrogens with one attached hydrogen (secondary N) is 2. The highest BCUT2D eigenvalue weighted by atomic mass is 16.5. The first kappa shape index (κ1) is 25.4. The number of pyridine rings is 1. The zero-order chi connectivity index (χ0) is 25.8. The molecule has 0 saturated carbocycles. The van der Waals surface area contributed by atoms with Crippen LogP contribution in [0.3, 0.4) is 0 Å². The minimum Gasteiger partial charge on any atom is -0.491 e. The lowest BCUT2D eigenvalue weighted by Crippen LogP contribution is -2.37. The molecule has 0 spiro atoms. The molecule has 0 unspecified atom stereocenters. The van der Waals surface area contributed by atoms with Gasteiger partial charge in [0.2, 0.25) is 0 Å². The Morgan fingerprint density at radius 1 is 1.19 bits per heavy atom. The van der Waals surface area contributed by atoms with Gasteiger partial charge in [0.25, 0.3) is 5.91 Å². The molecule has 0 radical (unpaired) electrons. The van der Waals surface area contributed by atoms with E-state index in [0.717, 1.165) is 30.7 Å². The molecule has 10 nitrogen and oxygen atoms in total. The van der Waals surface area contributed by atoms with Crippen molar-refractivity contribution in [3.05, 3.63) is 41.6 Å². The van der Waals surface area contributed by atoms with Gasteiger partial charge in [-0.15, -0.1) is 0 Å². The largest absolute Gasteiger partial charge is 0.491 e. The first-order chi connectivity index (χ1) is 17.2. The Kier molecular flexibility index (Phi) is 7.73. The van der Waals surface area contributed by atoms with E-state index in [1.165, 1.54) is 12.8 Å². The SMILES string of the molecule is Cc1nn(C)c2nc(N(C)CCN3CCCC3)c(C(=O)NC(=O)Nc3cccc(OC(C)C)c3)cc12. The second-order valence-electron chi connectivity index (χ2n) is 9.51. The number of imide groups is 1. The summed E-state index contributed by atoms with van der Waals surface area (Å²) in [6.07, 6.45) is 2.45. The van der Waals surface area contributed by atoms with Crippen LogP contribution >= 0.6 is 0 Å². The van der Waals surface area contributed by atoms with Crippen molar-refractivity contribution in [1.29, 1.82) is 0 Å². The first-order valence-corrected chi connectivity index (χ1v) is 12.4. The molecule has 1 aliphatic rings. The fourth-order valence-corrected chi connectivity index (χ4v) is 4.45. The zero-order valence-corrected chi connectivity index (χ0v) is 21.7. The lowest BCUT2D eigenvalue weighted by Gasteiger charge is -2.24. The van der Waals surface area contributed by atoms with Crippen LogP contribution in [0.25, 0.3) is 11.0 Å². The van der Waals surface area contributed by atoms with Gasteiger partial charge >= 0.3 is 6.03 Å². The van der Waals surface area contributed by atoms with Crippen LogP contribution in [0.15, 0.2) is 30.3 Å². The van der Waals surface area contributed by atoms with E-state index in [-0.39, 0.29) is 6.10 Å². The van der Waals surface area contributed by atoms with Gasteiger partial charge < -0.3 is 19.9 Å². The Hall–Kier alpha value is -3.66. The molecule has 3 heterocycles. The predicted molar refractivity (Wildman–Crippen MR) is 141 cm³/mol. The van der Waals surface area contributed by atoms with Crippen molar-refractivity contribution in [2.75, 3.05) is 43.4 Å². The van der Waals surface area contributed by atoms with Crippen LogP contribution in [0.2, 0.25) is 0 Å². The van der Waals surface area contributed by atoms with Gasteiger partial charge in [0.15, 0.2) is 5.65 Å². The van der Waals surface area contributed by atoms with E-state index in [1.54, 1.807) is 28.9 Å². The summed E-state index contributed by atoms with van der Waals surface area (Å²) in [4.78, 5) is 35.2. The van der Waals surface area contributed by atoms with Crippen LogP contribution in [0.1, 0.15) is 42.7 Å². The van der Waals surface area contributed by atoms with Crippen LogP contribution in [0, 0.1) is 6.92 Å². The van der Waals surface area contributed by atoms with Gasteiger partial charge in [-0.05, 0) is 64.9 Å². The minimum absolute atomic E-state index is 0.00915. The average Bonchev–Trinajstić information content (AvgIpc) is 3.44. The highest BCUT2D eigenvalue weighted by Crippen LogP contribution is 2.25. The third-order valence-corrected chi connectivity index (χ3v) is 6.23. The van der Waals surface area contributed by atoms with Crippen molar-refractivity contribution in [3.8, 4) is 5.75 Å². The Labute approximate surface area is 211 Å². The summed E-state index contributed by atoms with van der Waals surface area (Å²) in [5.41, 5.74) is 2.32. The third-order valence-electron chi connectivity index (χ3n) is 6.23. The van der Waals surface area contributed by atoms with Crippen molar-refractivity contribution in [2.45, 2.75) is 39.7 Å². The molecule has 36 heavy (non-hydrogen) atoms. The van der Waals surface area contributed by atoms with Crippen molar-refractivity contribution in [3.63, 3.8) is 0 Å². The number of hydrogen-bond acceptors (Lipinski definition) is 7. The molecule has 2 aromatic heterocycles. The molecule has 1 fully saturated rings. The Morgan fingerprint density at radius 3 is 2.67 bits per heavy atom. The fraction of sp³-hybridized carbons (Fsp3) is 0.462. The highest BCUT2D eigenvalue weighted by molar-refractivity contribution is 6.11. The number of carbonyl (C=O) groups is 2. The molecule has 2 N–H and O–H groups in total. The molecule has 1 aliphatic heterocycles. The van der Waals surface area contributed by atoms with Crippen molar-refractivity contribution < 1.29 is 14.3 Å². The Bertz CT molecular complexity index is 1250. The van der Waals surface area contributed by atoms with Gasteiger partial charge in [-0.3, -0.25) is 14.8 Å². The fourth-order valence-electron chi connectivity index (χ4n) is 4.45. The molecular weight excluding hydrogens is 458 g/mol. The number of urea groups is 1. The topological polar surface area (TPSA) is 105 Å². The Balaban J connectivity index is 1.54. The number of ether oxygens (including phenoxy) is 1. The van der Waals surface area contributed by atoms with E-state index >= 15 is 0 Å². The third kappa shape index (κ3) is 5.93. The molecule has 0 bridgehead atoms. The van der Waals surface area contributed by atoms with E-state index in [2.05, 4.69) is 20.6 Å². The summed E-state index contributed by atoms with van der Waals surface area (Å²) in [6.45, 7) is 9.53. The zero-order valence-electron chi connectivity index (χ0n) is 21.7. The van der Waals surface area contributed by atoms with Gasteiger partial charge in [-0.2, -0.15) is 5.10 Å². The van der Waals surface area contributed by atoms with Crippen molar-refractivity contribution in [2.24, 2.45) is 7.05 Å². The van der Waals surface area contributed by atoms with E-state index in [0.29, 0.717) is 35.0 Å². The minimum atomic E-state index is -0.629. The molecule has 3 amide bonds. The number of aryl methyl sites for hydroxylation is 2. The molecule has 3 aromatic rings. The number of benzene rings is 1. The van der Waals surface area contributed by atoms with Crippen molar-refractivity contribution >= 4 is 34.5 Å². The quantitative estimate of drug-likeness (QED) is 0.494. The number of nitrogens with zero attached hydrogens (tertiary/aromatic N) is 5. The van der Waals surface area contributed by atoms with Gasteiger partial charge in [-0.25, -0.2) is 9.78 Å². The van der Waals surface area contributed by atoms with Gasteiger partial charge in [0, 0.05) is 44.3 Å². The smallest absolute Gasteiger partial charge is 0.326 e. The number of hydrogen-bond donors (Lipinski definition) is 2. The molecule has 10 heteroatoms. The van der Waals surface area contributed by atoms with E-state index in [1.807, 2.05) is 45.8 Å². The van der Waals surface area contributed by atoms with Crippen LogP contribution in [-0.4, -0.2) is 70.9 Å². The monoisotopic (exact) mass is 493 g/mol. The summed E-state index contributed by atoms with van der Waals surface area (Å²) >= 11 is 0. The summed E-state index contributed by atoms with van der Waals surface area (Å²) in [5, 5.41) is 10.4. The Morgan fingerprint density at radius 2 is 1.94 bits per heavy atom. The summed E-state index contributed by atoms with van der Waals surface area (Å²) in [7, 11) is 3.76. The van der Waals surface area contributed by atoms with Crippen LogP contribution in [0.5, 0.6) is 5.75 Å². The standard InChI is InChI=1S/C26H35N7O3/c1-17(2)36-20-10-8-9-19(15-20)27-26(35)29-25(34)22-16-21-18(3)30-32(5)24(21)28-23(22)31(4)13-14-33-11-6-7-12-33/h8-10,15-17H,6-7,11-14H2,1-5H3,(H2,27,29,34,35). The number of anilines is 2. The molecule has 0 aliphatic carbocycles. The van der Waals surface area contributed by atoms with E-state index in [9.17, 15) is 9.59 Å². The normalized spacial score (nSPS) is 13.8. The van der Waals surface area contributed by atoms with Crippen LogP contribution in [0.4, 0.5) is 16.3 Å². The highest BCUT2D eigenvalue weighted by Gasteiger charge is 2.23. The molecule has 192 valence electrons. The maximum Gasteiger partial charge on any atom is 0.326 e. The second kappa shape index (κ2) is 10.9. The molecule has 0 atom stereocenters. The number of aromatic nitrogens is 3. The number of likely N-dealkylation sites (tertiary alicyclic amines) is 1. The van der Waals surface area contributed by atoms with Crippen molar-refractivity contribution in [1.82, 2.24) is 25.0 Å². The lowest BCUT2D eigenvalue weighted by atomic mass is 10.1. The maximum absolute atomic E-state index is 13.3. The number of amides is 3. The molecule has 1 saturated heterocycles. The summed E-state index contributed by atoms with van der Waals surface area (Å²) in [5.74, 6) is 0.628. The number of likely N-dealkylation sites (N-methyl/N-ethyl adjacent to an activating group) is 1. The summed E-state index contributed by atoms with van der Waals surface area (Å²) in [6, 6.07) is 8.19. The van der Waals surface area contributed by atoms with Crippen LogP contribution in [-0.2, 0) is 7.05 Å². The molecular formula is C26H35N7O3. The first-order valence-electron chi connectivity index (χ1n) is 12.4. The lowest BCUT2D eigenvalue weighted by molar-refractivity contribution is 0.0967. The van der Waals surface area contributed by atoms with Gasteiger partial charge in [0.1, 0.15) is 11.6 Å². The predicted octanol–water partition coefficient (Wildman–Crippen LogP) is 3.56. The summed E-state index contributed by atoms with van der Waals surface area (Å²) < 4.78 is 7.39. The molecule has 4 rings (SSSR count). The molecule has 1 aromatic carbocycles. The van der Waals surface area contributed by atoms with Gasteiger partial charge in [-0.1, -0.05) is 6.07 Å². The number of carbonyl (C=O) groups excluding carboxylic acids is 2.